The maximum Gasteiger partial charge on any atom is 0.310 e. The number of aryl methyl sites for hydroxylation is 1. The van der Waals surface area contributed by atoms with Crippen molar-refractivity contribution in [1.29, 1.82) is 0 Å². The van der Waals surface area contributed by atoms with Gasteiger partial charge in [-0.25, -0.2) is 0 Å². The fourth-order valence-corrected chi connectivity index (χ4v) is 3.97. The number of likely N-dealkylation sites (tertiary alicyclic amines) is 1. The molecule has 1 amide bonds. The number of carboxylic acid groups (broad SMARTS) is 1. The Kier molecular flexibility index (Phi) is 4.63. The maximum absolute atomic E-state index is 12.7. The average molecular weight is 330 g/mol. The van der Waals surface area contributed by atoms with Crippen molar-refractivity contribution in [3.63, 3.8) is 0 Å². The summed E-state index contributed by atoms with van der Waals surface area (Å²) in [6.07, 6.45) is 3.77. The molecule has 5 nitrogen and oxygen atoms in total. The van der Waals surface area contributed by atoms with Crippen LogP contribution in [0, 0.1) is 5.41 Å². The van der Waals surface area contributed by atoms with Gasteiger partial charge < -0.3 is 10.0 Å². The molecule has 1 N–H and O–H groups in total. The quantitative estimate of drug-likeness (QED) is 0.920. The zero-order valence-corrected chi connectivity index (χ0v) is 14.5. The predicted octanol–water partition coefficient (Wildman–Crippen LogP) is 2.32. The number of likely N-dealkylation sites (N-methyl/N-ethyl adjacent to an activating group) is 1. The normalized spacial score (nSPS) is 26.8. The third-order valence-electron chi connectivity index (χ3n) is 5.63. The van der Waals surface area contributed by atoms with E-state index < -0.39 is 11.4 Å². The van der Waals surface area contributed by atoms with Crippen LogP contribution < -0.4 is 0 Å². The van der Waals surface area contributed by atoms with Gasteiger partial charge in [0.05, 0.1) is 18.0 Å². The molecule has 2 aliphatic rings. The monoisotopic (exact) mass is 330 g/mol. The van der Waals surface area contributed by atoms with Crippen molar-refractivity contribution in [3.8, 4) is 0 Å². The van der Waals surface area contributed by atoms with Crippen molar-refractivity contribution in [1.82, 2.24) is 9.80 Å². The Balaban J connectivity index is 1.65. The Morgan fingerprint density at radius 2 is 2.12 bits per heavy atom. The van der Waals surface area contributed by atoms with Gasteiger partial charge in [-0.3, -0.25) is 14.5 Å². The van der Waals surface area contributed by atoms with Gasteiger partial charge >= 0.3 is 5.97 Å². The first-order chi connectivity index (χ1) is 11.4. The number of benzene rings is 1. The minimum atomic E-state index is -0.771. The van der Waals surface area contributed by atoms with E-state index in [0.717, 1.165) is 19.3 Å². The molecular formula is C19H26N2O3. The highest BCUT2D eigenvalue weighted by Gasteiger charge is 2.41. The lowest BCUT2D eigenvalue weighted by molar-refractivity contribution is -0.147. The first-order valence-electron chi connectivity index (χ1n) is 8.70. The van der Waals surface area contributed by atoms with Crippen molar-refractivity contribution >= 4 is 11.9 Å². The van der Waals surface area contributed by atoms with Gasteiger partial charge in [-0.05, 0) is 50.3 Å². The molecule has 1 heterocycles. The number of hydrogen-bond donors (Lipinski definition) is 1. The SMILES string of the molecule is CN(C(=O)CN1CC[C@@](C)(C(=O)O)C1)[C@@H]1CCCc2ccccc21. The predicted molar refractivity (Wildman–Crippen MR) is 91.7 cm³/mol. The van der Waals surface area contributed by atoms with E-state index in [9.17, 15) is 14.7 Å². The average Bonchev–Trinajstić information content (AvgIpc) is 2.96. The topological polar surface area (TPSA) is 60.9 Å². The molecule has 3 rings (SSSR count). The molecule has 0 radical (unpaired) electrons. The minimum Gasteiger partial charge on any atom is -0.481 e. The van der Waals surface area contributed by atoms with Crippen LogP contribution in [0.3, 0.4) is 0 Å². The largest absolute Gasteiger partial charge is 0.481 e. The summed E-state index contributed by atoms with van der Waals surface area (Å²) < 4.78 is 0. The molecule has 1 aromatic rings. The summed E-state index contributed by atoms with van der Waals surface area (Å²) in [5.41, 5.74) is 1.88. The highest BCUT2D eigenvalue weighted by atomic mass is 16.4. The highest BCUT2D eigenvalue weighted by molar-refractivity contribution is 5.79. The molecule has 24 heavy (non-hydrogen) atoms. The molecule has 0 saturated carbocycles. The van der Waals surface area contributed by atoms with Crippen LogP contribution in [0.5, 0.6) is 0 Å². The minimum absolute atomic E-state index is 0.0753. The number of carbonyl (C=O) groups excluding carboxylic acids is 1. The van der Waals surface area contributed by atoms with Crippen LogP contribution >= 0.6 is 0 Å². The number of fused-ring (bicyclic) bond motifs is 1. The van der Waals surface area contributed by atoms with Crippen LogP contribution in [0.15, 0.2) is 24.3 Å². The van der Waals surface area contributed by atoms with Crippen molar-refractivity contribution in [2.24, 2.45) is 5.41 Å². The van der Waals surface area contributed by atoms with Crippen molar-refractivity contribution in [3.05, 3.63) is 35.4 Å². The smallest absolute Gasteiger partial charge is 0.310 e. The standard InChI is InChI=1S/C19H26N2O3/c1-19(18(23)24)10-11-21(13-19)12-17(22)20(2)16-9-5-7-14-6-3-4-8-15(14)16/h3-4,6,8,16H,5,7,9-13H2,1-2H3,(H,23,24)/t16-,19-/m1/s1. The molecular weight excluding hydrogens is 304 g/mol. The van der Waals surface area contributed by atoms with E-state index in [1.54, 1.807) is 6.92 Å². The third-order valence-corrected chi connectivity index (χ3v) is 5.63. The van der Waals surface area contributed by atoms with Gasteiger partial charge in [0.15, 0.2) is 0 Å². The van der Waals surface area contributed by atoms with Crippen molar-refractivity contribution < 1.29 is 14.7 Å². The number of carboxylic acids is 1. The molecule has 5 heteroatoms. The lowest BCUT2D eigenvalue weighted by Crippen LogP contribution is -2.41. The summed E-state index contributed by atoms with van der Waals surface area (Å²) >= 11 is 0. The zero-order chi connectivity index (χ0) is 17.3. The van der Waals surface area contributed by atoms with Crippen LogP contribution in [-0.2, 0) is 16.0 Å². The van der Waals surface area contributed by atoms with Gasteiger partial charge in [0, 0.05) is 13.6 Å². The Morgan fingerprint density at radius 1 is 1.38 bits per heavy atom. The first-order valence-corrected chi connectivity index (χ1v) is 8.70. The second-order valence-electron chi connectivity index (χ2n) is 7.44. The van der Waals surface area contributed by atoms with Gasteiger partial charge in [-0.2, -0.15) is 0 Å². The van der Waals surface area contributed by atoms with Crippen LogP contribution in [-0.4, -0.2) is 53.5 Å². The molecule has 1 aromatic carbocycles. The Morgan fingerprint density at radius 3 is 2.83 bits per heavy atom. The summed E-state index contributed by atoms with van der Waals surface area (Å²) in [5.74, 6) is -0.696. The molecule has 1 fully saturated rings. The van der Waals surface area contributed by atoms with Crippen LogP contribution in [0.25, 0.3) is 0 Å². The Bertz CT molecular complexity index is 645. The molecule has 0 spiro atoms. The zero-order valence-electron chi connectivity index (χ0n) is 14.5. The molecule has 2 atom stereocenters. The van der Waals surface area contributed by atoms with Gasteiger partial charge in [0.1, 0.15) is 0 Å². The van der Waals surface area contributed by atoms with E-state index in [1.807, 2.05) is 22.9 Å². The van der Waals surface area contributed by atoms with E-state index >= 15 is 0 Å². The maximum atomic E-state index is 12.7. The highest BCUT2D eigenvalue weighted by Crippen LogP contribution is 2.34. The van der Waals surface area contributed by atoms with Crippen molar-refractivity contribution in [2.45, 2.75) is 38.6 Å². The van der Waals surface area contributed by atoms with Gasteiger partial charge in [0.25, 0.3) is 0 Å². The molecule has 1 aliphatic carbocycles. The summed E-state index contributed by atoms with van der Waals surface area (Å²) in [7, 11) is 1.88. The Labute approximate surface area is 143 Å². The summed E-state index contributed by atoms with van der Waals surface area (Å²) in [5, 5.41) is 9.32. The van der Waals surface area contributed by atoms with E-state index in [2.05, 4.69) is 18.2 Å². The molecule has 130 valence electrons. The molecule has 0 bridgehead atoms. The number of amides is 1. The van der Waals surface area contributed by atoms with E-state index in [4.69, 9.17) is 0 Å². The summed E-state index contributed by atoms with van der Waals surface area (Å²) in [4.78, 5) is 27.9. The van der Waals surface area contributed by atoms with Crippen LogP contribution in [0.4, 0.5) is 0 Å². The Hall–Kier alpha value is -1.88. The lowest BCUT2D eigenvalue weighted by Gasteiger charge is -2.34. The second kappa shape index (κ2) is 6.55. The van der Waals surface area contributed by atoms with E-state index in [0.29, 0.717) is 26.1 Å². The number of rotatable bonds is 4. The molecule has 1 saturated heterocycles. The number of carbonyl (C=O) groups is 2. The van der Waals surface area contributed by atoms with Crippen molar-refractivity contribution in [2.75, 3.05) is 26.7 Å². The van der Waals surface area contributed by atoms with Crippen LogP contribution in [0.1, 0.15) is 43.4 Å². The summed E-state index contributed by atoms with van der Waals surface area (Å²) in [6.45, 7) is 3.19. The van der Waals surface area contributed by atoms with E-state index in [-0.39, 0.29) is 11.9 Å². The third kappa shape index (κ3) is 3.18. The number of aliphatic carboxylic acids is 1. The lowest BCUT2D eigenvalue weighted by atomic mass is 9.87. The van der Waals surface area contributed by atoms with E-state index in [1.165, 1.54) is 11.1 Å². The van der Waals surface area contributed by atoms with Gasteiger partial charge in [0.2, 0.25) is 5.91 Å². The molecule has 0 aromatic heterocycles. The number of nitrogens with zero attached hydrogens (tertiary/aromatic N) is 2. The second-order valence-corrected chi connectivity index (χ2v) is 7.44. The fourth-order valence-electron chi connectivity index (χ4n) is 3.97. The fraction of sp³-hybridized carbons (Fsp3) is 0.579. The molecule has 1 aliphatic heterocycles. The van der Waals surface area contributed by atoms with Crippen LogP contribution in [0.2, 0.25) is 0 Å². The van der Waals surface area contributed by atoms with Gasteiger partial charge in [-0.15, -0.1) is 0 Å². The number of hydrogen-bond acceptors (Lipinski definition) is 3. The first kappa shape index (κ1) is 17.0. The van der Waals surface area contributed by atoms with Gasteiger partial charge in [-0.1, -0.05) is 24.3 Å². The summed E-state index contributed by atoms with van der Waals surface area (Å²) in [6, 6.07) is 8.50. The molecule has 0 unspecified atom stereocenters.